The van der Waals surface area contributed by atoms with E-state index in [0.29, 0.717) is 17.9 Å². The Kier molecular flexibility index (Phi) is 6.99. The first-order valence-corrected chi connectivity index (χ1v) is 10.2. The van der Waals surface area contributed by atoms with Crippen LogP contribution in [0.4, 0.5) is 5.69 Å². The van der Waals surface area contributed by atoms with Gasteiger partial charge < -0.3 is 10.1 Å². The van der Waals surface area contributed by atoms with Crippen LogP contribution in [0.3, 0.4) is 0 Å². The van der Waals surface area contributed by atoms with Crippen molar-refractivity contribution in [3.63, 3.8) is 0 Å². The molecule has 0 saturated carbocycles. The number of rotatable bonds is 7. The summed E-state index contributed by atoms with van der Waals surface area (Å²) >= 11 is 0. The minimum atomic E-state index is 0.0373. The summed E-state index contributed by atoms with van der Waals surface area (Å²) in [6.07, 6.45) is 3.69. The van der Waals surface area contributed by atoms with Crippen LogP contribution in [0.2, 0.25) is 0 Å². The van der Waals surface area contributed by atoms with Crippen molar-refractivity contribution in [2.75, 3.05) is 19.0 Å². The van der Waals surface area contributed by atoms with Crippen LogP contribution in [0, 0.1) is 5.92 Å². The van der Waals surface area contributed by atoms with Gasteiger partial charge in [-0.25, -0.2) is 15.0 Å². The van der Waals surface area contributed by atoms with Gasteiger partial charge in [0.25, 0.3) is 0 Å². The third-order valence-corrected chi connectivity index (χ3v) is 5.21. The number of ether oxygens (including phenoxy) is 1. The molecule has 0 saturated heterocycles. The SMILES string of the molecule is CCN(Cc1cccc(C2N=C(Nc3ccc(OC)nc3)N=CC2C)c1)C(C)C. The second-order valence-electron chi connectivity index (χ2n) is 7.65. The lowest BCUT2D eigenvalue weighted by Crippen LogP contribution is -2.30. The number of hydrogen-bond acceptors (Lipinski definition) is 6. The van der Waals surface area contributed by atoms with E-state index in [1.54, 1.807) is 13.3 Å². The van der Waals surface area contributed by atoms with E-state index in [0.717, 1.165) is 18.8 Å². The summed E-state index contributed by atoms with van der Waals surface area (Å²) in [5.74, 6) is 1.41. The zero-order valence-electron chi connectivity index (χ0n) is 18.0. The van der Waals surface area contributed by atoms with Crippen LogP contribution in [0.25, 0.3) is 0 Å². The minimum Gasteiger partial charge on any atom is -0.481 e. The number of anilines is 1. The van der Waals surface area contributed by atoms with Gasteiger partial charge in [-0.3, -0.25) is 4.90 Å². The third-order valence-electron chi connectivity index (χ3n) is 5.21. The van der Waals surface area contributed by atoms with Crippen LogP contribution < -0.4 is 10.1 Å². The highest BCUT2D eigenvalue weighted by molar-refractivity contribution is 6.00. The highest BCUT2D eigenvalue weighted by Crippen LogP contribution is 2.29. The van der Waals surface area contributed by atoms with Crippen LogP contribution in [0.5, 0.6) is 5.88 Å². The molecular weight excluding hydrogens is 362 g/mol. The van der Waals surface area contributed by atoms with Crippen LogP contribution in [0.15, 0.2) is 52.6 Å². The number of benzene rings is 1. The number of nitrogens with one attached hydrogen (secondary N) is 1. The van der Waals surface area contributed by atoms with E-state index in [2.05, 4.69) is 72.2 Å². The fourth-order valence-corrected chi connectivity index (χ4v) is 3.47. The van der Waals surface area contributed by atoms with Crippen molar-refractivity contribution < 1.29 is 4.74 Å². The molecule has 154 valence electrons. The third kappa shape index (κ3) is 5.41. The van der Waals surface area contributed by atoms with E-state index >= 15 is 0 Å². The molecule has 0 spiro atoms. The highest BCUT2D eigenvalue weighted by atomic mass is 16.5. The van der Waals surface area contributed by atoms with E-state index in [1.807, 2.05) is 18.3 Å². The van der Waals surface area contributed by atoms with Crippen molar-refractivity contribution in [2.24, 2.45) is 15.9 Å². The predicted molar refractivity (Wildman–Crippen MR) is 120 cm³/mol. The molecular formula is C23H31N5O. The molecule has 29 heavy (non-hydrogen) atoms. The first-order chi connectivity index (χ1) is 14.0. The zero-order chi connectivity index (χ0) is 20.8. The van der Waals surface area contributed by atoms with Crippen molar-refractivity contribution in [2.45, 2.75) is 46.3 Å². The molecule has 0 radical (unpaired) electrons. The fourth-order valence-electron chi connectivity index (χ4n) is 3.47. The average molecular weight is 394 g/mol. The van der Waals surface area contributed by atoms with E-state index < -0.39 is 0 Å². The Labute approximate surface area is 173 Å². The Morgan fingerprint density at radius 2 is 2.03 bits per heavy atom. The normalized spacial score (nSPS) is 18.8. The number of hydrogen-bond donors (Lipinski definition) is 1. The largest absolute Gasteiger partial charge is 0.481 e. The van der Waals surface area contributed by atoms with E-state index in [-0.39, 0.29) is 12.0 Å². The number of guanidine groups is 1. The number of methoxy groups -OCH3 is 1. The first kappa shape index (κ1) is 21.0. The molecule has 2 heterocycles. The van der Waals surface area contributed by atoms with Crippen molar-refractivity contribution in [1.29, 1.82) is 0 Å². The second kappa shape index (κ2) is 9.65. The molecule has 3 rings (SSSR count). The van der Waals surface area contributed by atoms with Gasteiger partial charge in [0, 0.05) is 30.8 Å². The van der Waals surface area contributed by atoms with Gasteiger partial charge in [-0.2, -0.15) is 0 Å². The highest BCUT2D eigenvalue weighted by Gasteiger charge is 2.22. The van der Waals surface area contributed by atoms with Gasteiger partial charge >= 0.3 is 0 Å². The van der Waals surface area contributed by atoms with Crippen molar-refractivity contribution in [3.05, 3.63) is 53.7 Å². The quantitative estimate of drug-likeness (QED) is 0.750. The summed E-state index contributed by atoms with van der Waals surface area (Å²) in [6.45, 7) is 10.8. The van der Waals surface area contributed by atoms with Gasteiger partial charge in [0.15, 0.2) is 0 Å². The van der Waals surface area contributed by atoms with Crippen molar-refractivity contribution >= 4 is 17.9 Å². The molecule has 6 heteroatoms. The Hall–Kier alpha value is -2.73. The van der Waals surface area contributed by atoms with Crippen molar-refractivity contribution in [3.8, 4) is 5.88 Å². The van der Waals surface area contributed by atoms with Crippen LogP contribution >= 0.6 is 0 Å². The maximum absolute atomic E-state index is 5.11. The molecule has 1 aromatic heterocycles. The molecule has 2 unspecified atom stereocenters. The van der Waals surface area contributed by atoms with E-state index in [4.69, 9.17) is 9.73 Å². The molecule has 0 fully saturated rings. The van der Waals surface area contributed by atoms with Gasteiger partial charge in [-0.15, -0.1) is 0 Å². The summed E-state index contributed by atoms with van der Waals surface area (Å²) in [6, 6.07) is 13.0. The Morgan fingerprint density at radius 1 is 1.21 bits per heavy atom. The fraction of sp³-hybridized carbons (Fsp3) is 0.435. The predicted octanol–water partition coefficient (Wildman–Crippen LogP) is 4.55. The van der Waals surface area contributed by atoms with Crippen LogP contribution in [0.1, 0.15) is 44.9 Å². The van der Waals surface area contributed by atoms with Crippen LogP contribution in [-0.2, 0) is 6.54 Å². The van der Waals surface area contributed by atoms with Gasteiger partial charge in [0.2, 0.25) is 11.8 Å². The molecule has 1 aliphatic heterocycles. The molecule has 2 aromatic rings. The number of aromatic nitrogens is 1. The molecule has 6 nitrogen and oxygen atoms in total. The summed E-state index contributed by atoms with van der Waals surface area (Å²) in [4.78, 5) is 16.0. The van der Waals surface area contributed by atoms with E-state index in [9.17, 15) is 0 Å². The maximum Gasteiger partial charge on any atom is 0.222 e. The Bertz CT molecular complexity index is 860. The second-order valence-corrected chi connectivity index (χ2v) is 7.65. The molecule has 0 aliphatic carbocycles. The minimum absolute atomic E-state index is 0.0373. The lowest BCUT2D eigenvalue weighted by Gasteiger charge is -2.26. The van der Waals surface area contributed by atoms with Gasteiger partial charge in [0.05, 0.1) is 25.0 Å². The van der Waals surface area contributed by atoms with Gasteiger partial charge in [-0.1, -0.05) is 38.1 Å². The number of aliphatic imine (C=N–C) groups is 2. The first-order valence-electron chi connectivity index (χ1n) is 10.2. The molecule has 1 aliphatic rings. The Morgan fingerprint density at radius 3 is 2.69 bits per heavy atom. The van der Waals surface area contributed by atoms with E-state index in [1.165, 1.54) is 11.1 Å². The number of pyridine rings is 1. The van der Waals surface area contributed by atoms with Crippen LogP contribution in [-0.4, -0.2) is 41.8 Å². The maximum atomic E-state index is 5.11. The Balaban J connectivity index is 1.78. The number of nitrogens with zero attached hydrogens (tertiary/aromatic N) is 4. The monoisotopic (exact) mass is 393 g/mol. The van der Waals surface area contributed by atoms with Gasteiger partial charge in [0.1, 0.15) is 0 Å². The van der Waals surface area contributed by atoms with Crippen molar-refractivity contribution in [1.82, 2.24) is 9.88 Å². The summed E-state index contributed by atoms with van der Waals surface area (Å²) < 4.78 is 5.11. The molecule has 0 amide bonds. The standard InChI is InChI=1S/C23H31N5O/c1-6-28(16(2)3)15-18-8-7-9-19(12-18)22-17(4)13-25-23(27-22)26-20-10-11-21(29-5)24-14-20/h7-14,16-17,22H,6,15H2,1-5H3,(H,26,27). The molecule has 1 N–H and O–H groups in total. The molecule has 2 atom stereocenters. The lowest BCUT2D eigenvalue weighted by atomic mass is 9.94. The lowest BCUT2D eigenvalue weighted by molar-refractivity contribution is 0.225. The van der Waals surface area contributed by atoms with Gasteiger partial charge in [-0.05, 0) is 37.6 Å². The molecule has 0 bridgehead atoms. The molecule has 1 aromatic carbocycles. The zero-order valence-corrected chi connectivity index (χ0v) is 18.0. The topological polar surface area (TPSA) is 62.1 Å². The summed E-state index contributed by atoms with van der Waals surface area (Å²) in [5, 5.41) is 3.25. The summed E-state index contributed by atoms with van der Waals surface area (Å²) in [7, 11) is 1.60. The average Bonchev–Trinajstić information content (AvgIpc) is 2.74. The smallest absolute Gasteiger partial charge is 0.222 e. The summed E-state index contributed by atoms with van der Waals surface area (Å²) in [5.41, 5.74) is 3.37.